The van der Waals surface area contributed by atoms with Crippen molar-refractivity contribution in [3.8, 4) is 17.2 Å². The van der Waals surface area contributed by atoms with Gasteiger partial charge in [0.2, 0.25) is 0 Å². The third-order valence-electron chi connectivity index (χ3n) is 5.78. The first-order chi connectivity index (χ1) is 21.4. The lowest BCUT2D eigenvalue weighted by molar-refractivity contribution is -0.132. The van der Waals surface area contributed by atoms with Crippen LogP contribution in [-0.4, -0.2) is 35.6 Å². The second kappa shape index (κ2) is 14.2. The first-order valence-corrected chi connectivity index (χ1v) is 13.4. The maximum Gasteiger partial charge on any atom is 0.308 e. The second-order valence-corrected chi connectivity index (χ2v) is 9.53. The van der Waals surface area contributed by atoms with Gasteiger partial charge in [-0.05, 0) is 66.7 Å². The molecule has 0 heterocycles. The molecule has 0 aliphatic carbocycles. The number of carbonyl (C=O) groups excluding carboxylic acids is 6. The number of rotatable bonds is 9. The van der Waals surface area contributed by atoms with Crippen molar-refractivity contribution in [2.24, 2.45) is 0 Å². The number of esters is 3. The van der Waals surface area contributed by atoms with Crippen LogP contribution in [0, 0.1) is 0 Å². The van der Waals surface area contributed by atoms with E-state index in [0.29, 0.717) is 5.69 Å². The minimum atomic E-state index is -0.602. The van der Waals surface area contributed by atoms with Crippen LogP contribution in [0.25, 0.3) is 0 Å². The summed E-state index contributed by atoms with van der Waals surface area (Å²) in [5.74, 6) is -2.84. The standard InChI is InChI=1S/C33H27N3O9/c1-19(37)43-28-10-4-7-22(15-28)31(40)35-26-13-24(33(42)34-25-9-6-12-30(18-25)45-21(3)39)14-27(17-26)36-32(41)23-8-5-11-29(16-23)44-20(2)38/h4-18H,1-3H3,(H,34,42)(H,35,40)(H,36,41). The Kier molecular flexibility index (Phi) is 10.0. The van der Waals surface area contributed by atoms with Crippen LogP contribution in [0.15, 0.2) is 91.0 Å². The van der Waals surface area contributed by atoms with Gasteiger partial charge in [-0.15, -0.1) is 0 Å². The fraction of sp³-hybridized carbons (Fsp3) is 0.0909. The molecular weight excluding hydrogens is 582 g/mol. The summed E-state index contributed by atoms with van der Waals surface area (Å²) in [5, 5.41) is 8.07. The van der Waals surface area contributed by atoms with Gasteiger partial charge in [-0.25, -0.2) is 0 Å². The van der Waals surface area contributed by atoms with Crippen LogP contribution in [0.3, 0.4) is 0 Å². The molecule has 0 aliphatic heterocycles. The number of nitrogens with one attached hydrogen (secondary N) is 3. The second-order valence-electron chi connectivity index (χ2n) is 9.53. The third kappa shape index (κ3) is 9.35. The van der Waals surface area contributed by atoms with Gasteiger partial charge in [0.15, 0.2) is 0 Å². The molecule has 4 aromatic carbocycles. The predicted molar refractivity (Wildman–Crippen MR) is 164 cm³/mol. The molecule has 0 fully saturated rings. The van der Waals surface area contributed by atoms with E-state index in [-0.39, 0.29) is 45.3 Å². The summed E-state index contributed by atoms with van der Waals surface area (Å²) in [6.45, 7) is 3.72. The van der Waals surface area contributed by atoms with E-state index >= 15 is 0 Å². The van der Waals surface area contributed by atoms with Gasteiger partial charge < -0.3 is 30.2 Å². The SMILES string of the molecule is CC(=O)Oc1cccc(NC(=O)c2cc(NC(=O)c3cccc(OC(C)=O)c3)cc(NC(=O)c3cccc(OC(C)=O)c3)c2)c1. The van der Waals surface area contributed by atoms with Crippen molar-refractivity contribution >= 4 is 52.7 Å². The molecule has 0 spiro atoms. The van der Waals surface area contributed by atoms with Gasteiger partial charge in [-0.3, -0.25) is 28.8 Å². The molecule has 0 saturated heterocycles. The van der Waals surface area contributed by atoms with Crippen molar-refractivity contribution in [2.75, 3.05) is 16.0 Å². The summed E-state index contributed by atoms with van der Waals surface area (Å²) in [6, 6.07) is 22.3. The van der Waals surface area contributed by atoms with Crippen LogP contribution in [0.4, 0.5) is 17.1 Å². The Balaban J connectivity index is 1.63. The molecule has 0 saturated carbocycles. The maximum absolute atomic E-state index is 13.3. The van der Waals surface area contributed by atoms with Crippen molar-refractivity contribution in [1.82, 2.24) is 0 Å². The zero-order chi connectivity index (χ0) is 32.5. The number of ether oxygens (including phenoxy) is 3. The Morgan fingerprint density at radius 1 is 0.422 bits per heavy atom. The summed E-state index contributed by atoms with van der Waals surface area (Å²) in [4.78, 5) is 73.5. The summed E-state index contributed by atoms with van der Waals surface area (Å²) in [6.07, 6.45) is 0. The number of anilines is 3. The summed E-state index contributed by atoms with van der Waals surface area (Å²) in [5.41, 5.74) is 1.02. The van der Waals surface area contributed by atoms with E-state index in [2.05, 4.69) is 16.0 Å². The lowest BCUT2D eigenvalue weighted by atomic mass is 10.1. The summed E-state index contributed by atoms with van der Waals surface area (Å²) < 4.78 is 15.2. The minimum absolute atomic E-state index is 0.0586. The molecule has 0 aliphatic rings. The fourth-order valence-corrected chi connectivity index (χ4v) is 4.05. The molecule has 45 heavy (non-hydrogen) atoms. The molecule has 12 nitrogen and oxygen atoms in total. The number of hydrogen-bond donors (Lipinski definition) is 3. The van der Waals surface area contributed by atoms with Gasteiger partial charge in [0.25, 0.3) is 17.7 Å². The van der Waals surface area contributed by atoms with Gasteiger partial charge in [-0.2, -0.15) is 0 Å². The molecular formula is C33H27N3O9. The Bertz CT molecular complexity index is 1730. The van der Waals surface area contributed by atoms with Crippen molar-refractivity contribution in [3.05, 3.63) is 108 Å². The van der Waals surface area contributed by atoms with E-state index in [1.54, 1.807) is 18.2 Å². The van der Waals surface area contributed by atoms with E-state index < -0.39 is 35.6 Å². The number of amides is 3. The van der Waals surface area contributed by atoms with Crippen LogP contribution in [0.1, 0.15) is 51.8 Å². The first kappa shape index (κ1) is 31.6. The van der Waals surface area contributed by atoms with E-state index in [9.17, 15) is 28.8 Å². The average Bonchev–Trinajstić information content (AvgIpc) is 2.96. The zero-order valence-electron chi connectivity index (χ0n) is 24.3. The number of carbonyl (C=O) groups is 6. The summed E-state index contributed by atoms with van der Waals surface area (Å²) in [7, 11) is 0. The van der Waals surface area contributed by atoms with Crippen molar-refractivity contribution < 1.29 is 43.0 Å². The molecule has 0 unspecified atom stereocenters. The zero-order valence-corrected chi connectivity index (χ0v) is 24.3. The average molecular weight is 610 g/mol. The van der Waals surface area contributed by atoms with Crippen molar-refractivity contribution in [3.63, 3.8) is 0 Å². The molecule has 0 bridgehead atoms. The van der Waals surface area contributed by atoms with Crippen LogP contribution < -0.4 is 30.2 Å². The molecule has 0 aromatic heterocycles. The monoisotopic (exact) mass is 609 g/mol. The van der Waals surface area contributed by atoms with Gasteiger partial charge in [0.05, 0.1) is 0 Å². The van der Waals surface area contributed by atoms with Crippen LogP contribution in [-0.2, 0) is 14.4 Å². The maximum atomic E-state index is 13.3. The van der Waals surface area contributed by atoms with E-state index in [4.69, 9.17) is 14.2 Å². The van der Waals surface area contributed by atoms with Gasteiger partial charge in [-0.1, -0.05) is 18.2 Å². The predicted octanol–water partition coefficient (Wildman–Crippen LogP) is 5.22. The first-order valence-electron chi connectivity index (χ1n) is 13.4. The molecule has 0 atom stereocenters. The van der Waals surface area contributed by atoms with E-state index in [1.165, 1.54) is 93.6 Å². The molecule has 12 heteroatoms. The Morgan fingerprint density at radius 3 is 1.24 bits per heavy atom. The summed E-state index contributed by atoms with van der Waals surface area (Å²) >= 11 is 0. The highest BCUT2D eigenvalue weighted by Gasteiger charge is 2.16. The van der Waals surface area contributed by atoms with Gasteiger partial charge in [0, 0.05) is 60.6 Å². The topological polar surface area (TPSA) is 166 Å². The molecule has 4 aromatic rings. The molecule has 228 valence electrons. The number of benzene rings is 4. The van der Waals surface area contributed by atoms with Gasteiger partial charge >= 0.3 is 17.9 Å². The fourth-order valence-electron chi connectivity index (χ4n) is 4.05. The number of hydrogen-bond acceptors (Lipinski definition) is 9. The Hall–Kier alpha value is -6.30. The van der Waals surface area contributed by atoms with Crippen LogP contribution >= 0.6 is 0 Å². The highest BCUT2D eigenvalue weighted by Crippen LogP contribution is 2.24. The normalized spacial score (nSPS) is 10.2. The minimum Gasteiger partial charge on any atom is -0.427 e. The highest BCUT2D eigenvalue weighted by atomic mass is 16.5. The van der Waals surface area contributed by atoms with E-state index in [1.807, 2.05) is 0 Å². The largest absolute Gasteiger partial charge is 0.427 e. The molecule has 4 rings (SSSR count). The van der Waals surface area contributed by atoms with Crippen molar-refractivity contribution in [1.29, 1.82) is 0 Å². The van der Waals surface area contributed by atoms with Gasteiger partial charge in [0.1, 0.15) is 17.2 Å². The highest BCUT2D eigenvalue weighted by molar-refractivity contribution is 6.10. The lowest BCUT2D eigenvalue weighted by Gasteiger charge is -2.13. The Morgan fingerprint density at radius 2 is 0.800 bits per heavy atom. The molecule has 0 radical (unpaired) electrons. The lowest BCUT2D eigenvalue weighted by Crippen LogP contribution is -2.17. The van der Waals surface area contributed by atoms with Crippen molar-refractivity contribution in [2.45, 2.75) is 20.8 Å². The molecule has 3 N–H and O–H groups in total. The van der Waals surface area contributed by atoms with E-state index in [0.717, 1.165) is 0 Å². The van der Waals surface area contributed by atoms with Crippen LogP contribution in [0.5, 0.6) is 17.2 Å². The smallest absolute Gasteiger partial charge is 0.308 e. The quantitative estimate of drug-likeness (QED) is 0.170. The molecule has 3 amide bonds. The third-order valence-corrected chi connectivity index (χ3v) is 5.78. The Labute approximate surface area is 257 Å². The van der Waals surface area contributed by atoms with Crippen LogP contribution in [0.2, 0.25) is 0 Å².